The number of fused-ring (bicyclic) bond motifs is 4. The molecular weight excluding hydrogens is 554 g/mol. The summed E-state index contributed by atoms with van der Waals surface area (Å²) in [5.74, 6) is 0.00848. The highest BCUT2D eigenvalue weighted by molar-refractivity contribution is 5.87. The van der Waals surface area contributed by atoms with Crippen LogP contribution in [0.5, 0.6) is 0 Å². The van der Waals surface area contributed by atoms with Gasteiger partial charge in [-0.25, -0.2) is 9.59 Å². The van der Waals surface area contributed by atoms with Crippen LogP contribution in [0.25, 0.3) is 11.1 Å². The summed E-state index contributed by atoms with van der Waals surface area (Å²) in [6, 6.07) is 23.2. The lowest BCUT2D eigenvalue weighted by Gasteiger charge is -2.30. The summed E-state index contributed by atoms with van der Waals surface area (Å²) in [5.41, 5.74) is 5.96. The Bertz CT molecular complexity index is 1470. The van der Waals surface area contributed by atoms with E-state index in [0.717, 1.165) is 22.3 Å². The summed E-state index contributed by atoms with van der Waals surface area (Å²) < 4.78 is 11.3. The van der Waals surface area contributed by atoms with Crippen LogP contribution in [-0.2, 0) is 27.2 Å². The first-order chi connectivity index (χ1) is 21.0. The highest BCUT2D eigenvalue weighted by Crippen LogP contribution is 2.44. The van der Waals surface area contributed by atoms with Crippen molar-refractivity contribution in [1.82, 2.24) is 15.5 Å². The Labute approximate surface area is 260 Å². The Kier molecular flexibility index (Phi) is 9.28. The standard InChI is InChI=1S/C36H43N3O5/c1-23(2)18-26(37-34(41)43-22-31-29-16-10-8-14-27(29)28-15-9-11-17-30(28)31)21-39-20-25-13-7-6-12-24(25)19-32(33(39)40)38-35(42)44-36(3,4)5/h6-17,23,26,31-32H,18-22H2,1-5H3,(H,37,41)(H,38,42)/t26-,32+/m0/s1. The summed E-state index contributed by atoms with van der Waals surface area (Å²) in [6.45, 7) is 10.4. The smallest absolute Gasteiger partial charge is 0.408 e. The number of hydrogen-bond donors (Lipinski definition) is 2. The van der Waals surface area contributed by atoms with Gasteiger partial charge in [-0.15, -0.1) is 0 Å². The monoisotopic (exact) mass is 597 g/mol. The van der Waals surface area contributed by atoms with Crippen molar-refractivity contribution in [2.24, 2.45) is 5.92 Å². The molecule has 0 bridgehead atoms. The van der Waals surface area contributed by atoms with Crippen LogP contribution in [0.1, 0.15) is 69.2 Å². The quantitative estimate of drug-likeness (QED) is 0.313. The second kappa shape index (κ2) is 13.1. The molecule has 1 heterocycles. The third-order valence-corrected chi connectivity index (χ3v) is 8.07. The Morgan fingerprint density at radius 3 is 2.09 bits per heavy atom. The third kappa shape index (κ3) is 7.41. The normalized spacial score (nSPS) is 16.8. The second-order valence-corrected chi connectivity index (χ2v) is 13.2. The summed E-state index contributed by atoms with van der Waals surface area (Å²) in [5, 5.41) is 5.85. The largest absolute Gasteiger partial charge is 0.449 e. The molecule has 3 aromatic rings. The van der Waals surface area contributed by atoms with E-state index in [-0.39, 0.29) is 36.9 Å². The van der Waals surface area contributed by atoms with Gasteiger partial charge in [0.15, 0.2) is 0 Å². The first-order valence-electron chi connectivity index (χ1n) is 15.4. The number of ether oxygens (including phenoxy) is 2. The van der Waals surface area contributed by atoms with Gasteiger partial charge in [0, 0.05) is 25.4 Å². The minimum absolute atomic E-state index is 0.0416. The average molecular weight is 598 g/mol. The number of amides is 3. The van der Waals surface area contributed by atoms with Crippen molar-refractivity contribution in [2.45, 2.75) is 77.6 Å². The highest BCUT2D eigenvalue weighted by Gasteiger charge is 2.34. The molecule has 1 aliphatic carbocycles. The highest BCUT2D eigenvalue weighted by atomic mass is 16.6. The predicted molar refractivity (Wildman–Crippen MR) is 170 cm³/mol. The van der Waals surface area contributed by atoms with Gasteiger partial charge in [0.1, 0.15) is 18.2 Å². The van der Waals surface area contributed by atoms with Gasteiger partial charge in [-0.3, -0.25) is 4.79 Å². The minimum Gasteiger partial charge on any atom is -0.449 e. The fourth-order valence-corrected chi connectivity index (χ4v) is 6.26. The van der Waals surface area contributed by atoms with Gasteiger partial charge < -0.3 is 25.0 Å². The Morgan fingerprint density at radius 1 is 0.886 bits per heavy atom. The number of alkyl carbamates (subject to hydrolysis) is 2. The van der Waals surface area contributed by atoms with Gasteiger partial charge in [0.05, 0.1) is 6.04 Å². The molecule has 2 N–H and O–H groups in total. The molecule has 3 aromatic carbocycles. The van der Waals surface area contributed by atoms with Crippen LogP contribution in [0.2, 0.25) is 0 Å². The van der Waals surface area contributed by atoms with Gasteiger partial charge in [-0.1, -0.05) is 86.6 Å². The van der Waals surface area contributed by atoms with Crippen molar-refractivity contribution in [1.29, 1.82) is 0 Å². The molecule has 1 aliphatic heterocycles. The Hall–Kier alpha value is -4.33. The number of hydrogen-bond acceptors (Lipinski definition) is 5. The van der Waals surface area contributed by atoms with Crippen molar-refractivity contribution in [2.75, 3.05) is 13.2 Å². The van der Waals surface area contributed by atoms with Gasteiger partial charge >= 0.3 is 12.2 Å². The molecule has 8 heteroatoms. The van der Waals surface area contributed by atoms with Crippen LogP contribution in [0.3, 0.4) is 0 Å². The lowest BCUT2D eigenvalue weighted by molar-refractivity contribution is -0.134. The van der Waals surface area contributed by atoms with Crippen molar-refractivity contribution < 1.29 is 23.9 Å². The van der Waals surface area contributed by atoms with E-state index in [9.17, 15) is 14.4 Å². The minimum atomic E-state index is -0.789. The summed E-state index contributed by atoms with van der Waals surface area (Å²) >= 11 is 0. The van der Waals surface area contributed by atoms with Gasteiger partial charge in [0.2, 0.25) is 5.91 Å². The van der Waals surface area contributed by atoms with Gasteiger partial charge in [-0.2, -0.15) is 0 Å². The fraction of sp³-hybridized carbons (Fsp3) is 0.417. The molecule has 0 radical (unpaired) electrons. The first-order valence-corrected chi connectivity index (χ1v) is 15.4. The zero-order valence-corrected chi connectivity index (χ0v) is 26.3. The maximum absolute atomic E-state index is 13.9. The maximum atomic E-state index is 13.9. The van der Waals surface area contributed by atoms with E-state index in [4.69, 9.17) is 9.47 Å². The zero-order chi connectivity index (χ0) is 31.4. The van der Waals surface area contributed by atoms with E-state index >= 15 is 0 Å². The molecule has 0 fully saturated rings. The topological polar surface area (TPSA) is 97.0 Å². The number of carbonyl (C=O) groups excluding carboxylic acids is 3. The van der Waals surface area contributed by atoms with E-state index < -0.39 is 23.8 Å². The second-order valence-electron chi connectivity index (χ2n) is 13.2. The van der Waals surface area contributed by atoms with Crippen molar-refractivity contribution >= 4 is 18.1 Å². The van der Waals surface area contributed by atoms with E-state index in [2.05, 4.69) is 48.7 Å². The summed E-state index contributed by atoms with van der Waals surface area (Å²) in [6.07, 6.45) is -0.131. The average Bonchev–Trinajstić information content (AvgIpc) is 3.21. The number of carbonyl (C=O) groups is 3. The number of benzene rings is 3. The predicted octanol–water partition coefficient (Wildman–Crippen LogP) is 6.42. The van der Waals surface area contributed by atoms with Crippen LogP contribution in [0.4, 0.5) is 9.59 Å². The molecule has 2 atom stereocenters. The molecule has 3 amide bonds. The third-order valence-electron chi connectivity index (χ3n) is 8.07. The van der Waals surface area contributed by atoms with Crippen molar-refractivity contribution in [3.8, 4) is 11.1 Å². The van der Waals surface area contributed by atoms with Crippen LogP contribution < -0.4 is 10.6 Å². The molecule has 0 saturated heterocycles. The lowest BCUT2D eigenvalue weighted by Crippen LogP contribution is -2.52. The molecule has 0 saturated carbocycles. The van der Waals surface area contributed by atoms with E-state index in [0.29, 0.717) is 19.4 Å². The molecule has 232 valence electrons. The summed E-state index contributed by atoms with van der Waals surface area (Å²) in [4.78, 5) is 41.5. The molecule has 2 aliphatic rings. The molecule has 5 rings (SSSR count). The first kappa shape index (κ1) is 31.1. The Balaban J connectivity index is 1.29. The lowest BCUT2D eigenvalue weighted by atomic mass is 9.98. The SMILES string of the molecule is CC(C)C[C@@H](CN1Cc2ccccc2C[C@@H](NC(=O)OC(C)(C)C)C1=O)NC(=O)OCC1c2ccccc2-c2ccccc21. The molecule has 0 unspecified atom stereocenters. The number of nitrogens with zero attached hydrogens (tertiary/aromatic N) is 1. The van der Waals surface area contributed by atoms with Crippen LogP contribution >= 0.6 is 0 Å². The van der Waals surface area contributed by atoms with Crippen molar-refractivity contribution in [3.05, 3.63) is 95.1 Å². The van der Waals surface area contributed by atoms with E-state index in [1.54, 1.807) is 25.7 Å². The fourth-order valence-electron chi connectivity index (χ4n) is 6.26. The van der Waals surface area contributed by atoms with Crippen LogP contribution in [0, 0.1) is 5.92 Å². The van der Waals surface area contributed by atoms with E-state index in [1.807, 2.05) is 48.5 Å². The maximum Gasteiger partial charge on any atom is 0.408 e. The van der Waals surface area contributed by atoms with E-state index in [1.165, 1.54) is 11.1 Å². The Morgan fingerprint density at radius 2 is 1.48 bits per heavy atom. The van der Waals surface area contributed by atoms with Gasteiger partial charge in [0.25, 0.3) is 0 Å². The summed E-state index contributed by atoms with van der Waals surface area (Å²) in [7, 11) is 0. The number of rotatable bonds is 8. The molecule has 8 nitrogen and oxygen atoms in total. The molecule has 0 aromatic heterocycles. The number of nitrogens with one attached hydrogen (secondary N) is 2. The molecule has 0 spiro atoms. The molecular formula is C36H43N3O5. The zero-order valence-electron chi connectivity index (χ0n) is 26.3. The molecule has 44 heavy (non-hydrogen) atoms. The van der Waals surface area contributed by atoms with Gasteiger partial charge in [-0.05, 0) is 66.5 Å². The van der Waals surface area contributed by atoms with Crippen LogP contribution in [-0.4, -0.2) is 53.8 Å². The van der Waals surface area contributed by atoms with Crippen molar-refractivity contribution in [3.63, 3.8) is 0 Å². The van der Waals surface area contributed by atoms with Crippen LogP contribution in [0.15, 0.2) is 72.8 Å².